The van der Waals surface area contributed by atoms with Crippen LogP contribution in [0.15, 0.2) is 53.4 Å². The highest BCUT2D eigenvalue weighted by atomic mass is 35.5. The molecule has 2 rings (SSSR count). The van der Waals surface area contributed by atoms with Crippen LogP contribution in [0.5, 0.6) is 0 Å². The van der Waals surface area contributed by atoms with Gasteiger partial charge in [0.25, 0.3) is 0 Å². The van der Waals surface area contributed by atoms with Gasteiger partial charge in [-0.25, -0.2) is 8.42 Å². The molecule has 1 atom stereocenters. The lowest BCUT2D eigenvalue weighted by Gasteiger charge is -2.21. The molecule has 0 saturated carbocycles. The summed E-state index contributed by atoms with van der Waals surface area (Å²) in [7, 11) is -1.73. The van der Waals surface area contributed by atoms with E-state index in [1.807, 2.05) is 37.3 Å². The molecule has 1 unspecified atom stereocenters. The van der Waals surface area contributed by atoms with Crippen molar-refractivity contribution in [1.82, 2.24) is 10.6 Å². The fourth-order valence-electron chi connectivity index (χ4n) is 2.63. The molecule has 0 heterocycles. The largest absolute Gasteiger partial charge is 0.383 e. The number of benzene rings is 2. The summed E-state index contributed by atoms with van der Waals surface area (Å²) in [5.41, 5.74) is 2.71. The molecule has 0 fully saturated rings. The van der Waals surface area contributed by atoms with Crippen LogP contribution < -0.4 is 10.6 Å². The lowest BCUT2D eigenvalue weighted by molar-refractivity contribution is -0.120. The van der Waals surface area contributed by atoms with E-state index in [-0.39, 0.29) is 29.8 Å². The summed E-state index contributed by atoms with van der Waals surface area (Å²) < 4.78 is 28.8. The molecular formula is C20H27ClN2O4S. The molecule has 2 aromatic carbocycles. The third-order valence-electron chi connectivity index (χ3n) is 4.10. The topological polar surface area (TPSA) is 84.5 Å². The van der Waals surface area contributed by atoms with E-state index in [0.717, 1.165) is 11.1 Å². The fourth-order valence-corrected chi connectivity index (χ4v) is 3.31. The summed E-state index contributed by atoms with van der Waals surface area (Å²) in [5, 5.41) is 5.99. The molecule has 0 aromatic heterocycles. The number of amides is 1. The van der Waals surface area contributed by atoms with Crippen LogP contribution in [0.2, 0.25) is 0 Å². The van der Waals surface area contributed by atoms with Crippen LogP contribution in [0.4, 0.5) is 0 Å². The van der Waals surface area contributed by atoms with E-state index < -0.39 is 15.9 Å². The van der Waals surface area contributed by atoms with Gasteiger partial charge in [-0.2, -0.15) is 0 Å². The van der Waals surface area contributed by atoms with Gasteiger partial charge in [0, 0.05) is 19.9 Å². The summed E-state index contributed by atoms with van der Waals surface area (Å²) in [4.78, 5) is 12.6. The van der Waals surface area contributed by atoms with Crippen LogP contribution in [-0.2, 0) is 19.4 Å². The van der Waals surface area contributed by atoms with Crippen molar-refractivity contribution in [1.29, 1.82) is 0 Å². The number of rotatable bonds is 9. The van der Waals surface area contributed by atoms with Crippen LogP contribution in [-0.4, -0.2) is 47.4 Å². The zero-order valence-electron chi connectivity index (χ0n) is 16.3. The number of halogens is 1. The number of methoxy groups -OCH3 is 1. The molecule has 0 aliphatic heterocycles. The van der Waals surface area contributed by atoms with Crippen molar-refractivity contribution in [2.24, 2.45) is 0 Å². The van der Waals surface area contributed by atoms with Crippen LogP contribution in [0.25, 0.3) is 0 Å². The van der Waals surface area contributed by atoms with E-state index >= 15 is 0 Å². The zero-order chi connectivity index (χ0) is 19.9. The van der Waals surface area contributed by atoms with Crippen LogP contribution in [0.3, 0.4) is 0 Å². The quantitative estimate of drug-likeness (QED) is 0.601. The molecule has 0 aliphatic rings. The second kappa shape index (κ2) is 11.2. The standard InChI is InChI=1S/C20H26N2O4S.ClH/c1-15-7-9-16(10-8-15)20(22-19(23)14-21-11-12-26-2)17-5-4-6-18(13-17)27(3,24)25;/h4-10,13,20-21H,11-12,14H2,1-3H3,(H,22,23);1H. The van der Waals surface area contributed by atoms with Crippen molar-refractivity contribution < 1.29 is 17.9 Å². The Labute approximate surface area is 173 Å². The Morgan fingerprint density at radius 1 is 1.11 bits per heavy atom. The van der Waals surface area contributed by atoms with Crippen LogP contribution in [0, 0.1) is 6.92 Å². The Hall–Kier alpha value is -1.93. The monoisotopic (exact) mass is 426 g/mol. The minimum atomic E-state index is -3.34. The first-order chi connectivity index (χ1) is 12.8. The molecule has 28 heavy (non-hydrogen) atoms. The molecule has 6 nitrogen and oxygen atoms in total. The molecule has 8 heteroatoms. The minimum Gasteiger partial charge on any atom is -0.383 e. The van der Waals surface area contributed by atoms with Crippen LogP contribution in [0.1, 0.15) is 22.7 Å². The van der Waals surface area contributed by atoms with Gasteiger partial charge >= 0.3 is 0 Å². The fraction of sp³-hybridized carbons (Fsp3) is 0.350. The highest BCUT2D eigenvalue weighted by Gasteiger charge is 2.18. The number of hydrogen-bond donors (Lipinski definition) is 2. The lowest BCUT2D eigenvalue weighted by atomic mass is 9.97. The zero-order valence-corrected chi connectivity index (χ0v) is 17.9. The normalized spacial score (nSPS) is 12.1. The molecule has 0 saturated heterocycles. The molecule has 2 N–H and O–H groups in total. The maximum Gasteiger partial charge on any atom is 0.234 e. The number of carbonyl (C=O) groups excluding carboxylic acids is 1. The van der Waals surface area contributed by atoms with Gasteiger partial charge in [-0.15, -0.1) is 12.4 Å². The smallest absolute Gasteiger partial charge is 0.234 e. The second-order valence-electron chi connectivity index (χ2n) is 6.43. The van der Waals surface area contributed by atoms with E-state index in [9.17, 15) is 13.2 Å². The van der Waals surface area contributed by atoms with Crippen molar-refractivity contribution in [3.8, 4) is 0 Å². The Balaban J connectivity index is 0.00000392. The van der Waals surface area contributed by atoms with E-state index in [0.29, 0.717) is 18.7 Å². The number of aryl methyl sites for hydroxylation is 1. The first-order valence-electron chi connectivity index (χ1n) is 8.67. The van der Waals surface area contributed by atoms with E-state index in [4.69, 9.17) is 4.74 Å². The predicted octanol–water partition coefficient (Wildman–Crippen LogP) is 2.26. The second-order valence-corrected chi connectivity index (χ2v) is 8.44. The molecule has 1 amide bonds. The van der Waals surface area contributed by atoms with Crippen molar-refractivity contribution in [2.45, 2.75) is 17.9 Å². The van der Waals surface area contributed by atoms with Gasteiger partial charge < -0.3 is 15.4 Å². The van der Waals surface area contributed by atoms with E-state index in [1.54, 1.807) is 25.3 Å². The molecule has 0 aliphatic carbocycles. The van der Waals surface area contributed by atoms with Crippen LogP contribution >= 0.6 is 12.4 Å². The number of sulfone groups is 1. The first kappa shape index (κ1) is 24.1. The Kier molecular flexibility index (Phi) is 9.61. The third kappa shape index (κ3) is 7.24. The van der Waals surface area contributed by atoms with Crippen molar-refractivity contribution in [2.75, 3.05) is 33.1 Å². The first-order valence-corrected chi connectivity index (χ1v) is 10.6. The van der Waals surface area contributed by atoms with Gasteiger partial charge in [-0.3, -0.25) is 4.79 Å². The minimum absolute atomic E-state index is 0. The van der Waals surface area contributed by atoms with Gasteiger partial charge in [0.2, 0.25) is 5.91 Å². The maximum absolute atomic E-state index is 12.4. The lowest BCUT2D eigenvalue weighted by Crippen LogP contribution is -2.37. The summed E-state index contributed by atoms with van der Waals surface area (Å²) >= 11 is 0. The Morgan fingerprint density at radius 2 is 1.79 bits per heavy atom. The number of hydrogen-bond acceptors (Lipinski definition) is 5. The van der Waals surface area contributed by atoms with Crippen molar-refractivity contribution in [3.05, 3.63) is 65.2 Å². The molecule has 2 aromatic rings. The summed E-state index contributed by atoms with van der Waals surface area (Å²) in [6.45, 7) is 3.23. The number of carbonyl (C=O) groups is 1. The Morgan fingerprint density at radius 3 is 2.39 bits per heavy atom. The van der Waals surface area contributed by atoms with E-state index in [2.05, 4.69) is 10.6 Å². The highest BCUT2D eigenvalue weighted by molar-refractivity contribution is 7.90. The summed E-state index contributed by atoms with van der Waals surface area (Å²) in [6.07, 6.45) is 1.17. The van der Waals surface area contributed by atoms with Gasteiger partial charge in [0.05, 0.1) is 24.1 Å². The third-order valence-corrected chi connectivity index (χ3v) is 5.21. The number of ether oxygens (including phenoxy) is 1. The summed E-state index contributed by atoms with van der Waals surface area (Å²) in [6, 6.07) is 14.0. The molecule has 154 valence electrons. The van der Waals surface area contributed by atoms with Gasteiger partial charge in [-0.1, -0.05) is 42.0 Å². The molecular weight excluding hydrogens is 400 g/mol. The SMILES string of the molecule is COCCNCC(=O)NC(c1ccc(C)cc1)c1cccc(S(C)(=O)=O)c1.Cl. The molecule has 0 bridgehead atoms. The highest BCUT2D eigenvalue weighted by Crippen LogP contribution is 2.24. The molecule has 0 spiro atoms. The predicted molar refractivity (Wildman–Crippen MR) is 113 cm³/mol. The summed E-state index contributed by atoms with van der Waals surface area (Å²) in [5.74, 6) is -0.179. The Bertz CT molecular complexity index is 870. The van der Waals surface area contributed by atoms with Crippen molar-refractivity contribution in [3.63, 3.8) is 0 Å². The van der Waals surface area contributed by atoms with Gasteiger partial charge in [0.15, 0.2) is 9.84 Å². The average molecular weight is 427 g/mol. The van der Waals surface area contributed by atoms with E-state index in [1.165, 1.54) is 6.26 Å². The van der Waals surface area contributed by atoms with Gasteiger partial charge in [-0.05, 0) is 30.2 Å². The van der Waals surface area contributed by atoms with Gasteiger partial charge in [0.1, 0.15) is 0 Å². The maximum atomic E-state index is 12.4. The number of nitrogens with one attached hydrogen (secondary N) is 2. The average Bonchev–Trinajstić information content (AvgIpc) is 2.64. The molecule has 0 radical (unpaired) electrons. The van der Waals surface area contributed by atoms with Crippen molar-refractivity contribution >= 4 is 28.2 Å².